The molecule has 2 aromatic carbocycles. The van der Waals surface area contributed by atoms with Gasteiger partial charge in [-0.1, -0.05) is 72.7 Å². The molecule has 0 aromatic heterocycles. The van der Waals surface area contributed by atoms with Gasteiger partial charge in [0.05, 0.1) is 17.7 Å². The molecule has 2 heterocycles. The predicted octanol–water partition coefficient (Wildman–Crippen LogP) is 3.79. The van der Waals surface area contributed by atoms with Crippen LogP contribution in [0.3, 0.4) is 0 Å². The van der Waals surface area contributed by atoms with Crippen molar-refractivity contribution in [2.45, 2.75) is 44.9 Å². The monoisotopic (exact) mass is 392 g/mol. The van der Waals surface area contributed by atoms with Gasteiger partial charge >= 0.3 is 6.09 Å². The molecular weight excluding hydrogens is 368 g/mol. The fourth-order valence-electron chi connectivity index (χ4n) is 3.95. The minimum Gasteiger partial charge on any atom is -0.441 e. The van der Waals surface area contributed by atoms with E-state index >= 15 is 0 Å². The average molecular weight is 392 g/mol. The van der Waals surface area contributed by atoms with Crippen LogP contribution in [-0.2, 0) is 20.8 Å². The smallest absolute Gasteiger partial charge is 0.417 e. The Kier molecular flexibility index (Phi) is 4.86. The van der Waals surface area contributed by atoms with Gasteiger partial charge in [-0.2, -0.15) is 0 Å². The molecule has 6 nitrogen and oxygen atoms in total. The van der Waals surface area contributed by atoms with Crippen LogP contribution in [0.1, 0.15) is 31.9 Å². The third-order valence-electron chi connectivity index (χ3n) is 5.63. The van der Waals surface area contributed by atoms with E-state index in [0.29, 0.717) is 12.1 Å². The molecule has 0 N–H and O–H groups in total. The number of benzene rings is 2. The van der Waals surface area contributed by atoms with Gasteiger partial charge in [-0.15, -0.1) is 0 Å². The second-order valence-electron chi connectivity index (χ2n) is 8.04. The van der Waals surface area contributed by atoms with Gasteiger partial charge in [0.1, 0.15) is 5.60 Å². The fourth-order valence-corrected chi connectivity index (χ4v) is 3.95. The van der Waals surface area contributed by atoms with Crippen LogP contribution in [0.15, 0.2) is 65.8 Å². The summed E-state index contributed by atoms with van der Waals surface area (Å²) in [6.07, 6.45) is -0.978. The van der Waals surface area contributed by atoms with Crippen LogP contribution in [0.2, 0.25) is 0 Å². The highest BCUT2D eigenvalue weighted by atomic mass is 16.7. The Balaban J connectivity index is 1.57. The summed E-state index contributed by atoms with van der Waals surface area (Å²) in [5.74, 6) is -0.692. The Labute approximate surface area is 170 Å². The van der Waals surface area contributed by atoms with Crippen LogP contribution in [0.5, 0.6) is 0 Å². The summed E-state index contributed by atoms with van der Waals surface area (Å²) in [5.41, 5.74) is 1.84. The minimum absolute atomic E-state index is 0.279. The molecule has 6 heteroatoms. The van der Waals surface area contributed by atoms with Gasteiger partial charge in [-0.3, -0.25) is 4.79 Å². The highest BCUT2D eigenvalue weighted by Crippen LogP contribution is 2.34. The van der Waals surface area contributed by atoms with E-state index in [2.05, 4.69) is 5.16 Å². The number of cyclic esters (lactones) is 1. The van der Waals surface area contributed by atoms with E-state index in [1.165, 1.54) is 4.90 Å². The van der Waals surface area contributed by atoms with Crippen molar-refractivity contribution in [2.24, 2.45) is 11.1 Å². The molecule has 0 radical (unpaired) electrons. The second-order valence-corrected chi connectivity index (χ2v) is 8.04. The molecule has 2 aliphatic heterocycles. The number of amides is 2. The van der Waals surface area contributed by atoms with Crippen molar-refractivity contribution in [1.82, 2.24) is 4.90 Å². The number of oxime groups is 1. The van der Waals surface area contributed by atoms with E-state index in [1.807, 2.05) is 81.4 Å². The van der Waals surface area contributed by atoms with Crippen molar-refractivity contribution >= 4 is 17.7 Å². The number of hydrogen-bond acceptors (Lipinski definition) is 5. The molecular formula is C23H24N2O4. The summed E-state index contributed by atoms with van der Waals surface area (Å²) in [7, 11) is 0. The number of nitrogens with zero attached hydrogens (tertiary/aromatic N) is 2. The minimum atomic E-state index is -0.857. The van der Waals surface area contributed by atoms with E-state index in [-0.39, 0.29) is 5.92 Å². The van der Waals surface area contributed by atoms with Crippen LogP contribution >= 0.6 is 0 Å². The number of carbonyl (C=O) groups excluding carboxylic acids is 2. The van der Waals surface area contributed by atoms with Crippen molar-refractivity contribution in [1.29, 1.82) is 0 Å². The van der Waals surface area contributed by atoms with Gasteiger partial charge < -0.3 is 9.57 Å². The maximum atomic E-state index is 13.4. The van der Waals surface area contributed by atoms with Crippen molar-refractivity contribution in [3.8, 4) is 0 Å². The lowest BCUT2D eigenvalue weighted by Gasteiger charge is -2.29. The van der Waals surface area contributed by atoms with Gasteiger partial charge in [0.2, 0.25) is 6.10 Å². The number of rotatable bonds is 4. The highest BCUT2D eigenvalue weighted by Gasteiger charge is 2.54. The molecule has 4 rings (SSSR count). The van der Waals surface area contributed by atoms with Gasteiger partial charge in [-0.25, -0.2) is 9.69 Å². The summed E-state index contributed by atoms with van der Waals surface area (Å²) in [4.78, 5) is 32.7. The van der Waals surface area contributed by atoms with Gasteiger partial charge in [0.15, 0.2) is 0 Å². The average Bonchev–Trinajstić information content (AvgIpc) is 3.19. The van der Waals surface area contributed by atoms with Crippen molar-refractivity contribution in [3.63, 3.8) is 0 Å². The molecule has 0 saturated carbocycles. The van der Waals surface area contributed by atoms with Crippen LogP contribution in [-0.4, -0.2) is 40.4 Å². The highest BCUT2D eigenvalue weighted by molar-refractivity contribution is 6.07. The van der Waals surface area contributed by atoms with E-state index in [1.54, 1.807) is 0 Å². The Morgan fingerprint density at radius 1 is 1.07 bits per heavy atom. The molecule has 1 saturated heterocycles. The zero-order valence-corrected chi connectivity index (χ0v) is 16.7. The third-order valence-corrected chi connectivity index (χ3v) is 5.63. The van der Waals surface area contributed by atoms with Gasteiger partial charge in [0, 0.05) is 0 Å². The van der Waals surface area contributed by atoms with Crippen molar-refractivity contribution in [3.05, 3.63) is 71.8 Å². The molecule has 2 amide bonds. The summed E-state index contributed by atoms with van der Waals surface area (Å²) in [5, 5.41) is 4.15. The van der Waals surface area contributed by atoms with Crippen LogP contribution in [0, 0.1) is 5.92 Å². The quantitative estimate of drug-likeness (QED) is 0.794. The topological polar surface area (TPSA) is 68.2 Å². The summed E-state index contributed by atoms with van der Waals surface area (Å²) < 4.78 is 5.55. The Morgan fingerprint density at radius 2 is 1.69 bits per heavy atom. The Hall–Kier alpha value is -3.15. The van der Waals surface area contributed by atoms with E-state index < -0.39 is 29.7 Å². The summed E-state index contributed by atoms with van der Waals surface area (Å²) in [6, 6.07) is 18.9. The predicted molar refractivity (Wildman–Crippen MR) is 108 cm³/mol. The lowest BCUT2D eigenvalue weighted by Crippen LogP contribution is -2.51. The first-order chi connectivity index (χ1) is 13.9. The maximum Gasteiger partial charge on any atom is 0.417 e. The lowest BCUT2D eigenvalue weighted by molar-refractivity contribution is -0.142. The fraction of sp³-hybridized carbons (Fsp3) is 0.348. The molecule has 2 aromatic rings. The molecule has 0 aliphatic carbocycles. The van der Waals surface area contributed by atoms with Crippen LogP contribution in [0.25, 0.3) is 0 Å². The molecule has 3 atom stereocenters. The van der Waals surface area contributed by atoms with E-state index in [4.69, 9.17) is 9.57 Å². The van der Waals surface area contributed by atoms with Crippen molar-refractivity contribution < 1.29 is 19.2 Å². The largest absolute Gasteiger partial charge is 0.441 e. The van der Waals surface area contributed by atoms with Crippen LogP contribution in [0.4, 0.5) is 4.79 Å². The second kappa shape index (κ2) is 7.35. The summed E-state index contributed by atoms with van der Waals surface area (Å²) in [6.45, 7) is 5.55. The van der Waals surface area contributed by atoms with Crippen molar-refractivity contribution in [2.75, 3.05) is 0 Å². The molecule has 150 valence electrons. The van der Waals surface area contributed by atoms with E-state index in [0.717, 1.165) is 11.1 Å². The molecule has 1 fully saturated rings. The zero-order chi connectivity index (χ0) is 20.6. The number of carbonyl (C=O) groups is 2. The van der Waals surface area contributed by atoms with Gasteiger partial charge in [0.25, 0.3) is 5.91 Å². The molecule has 29 heavy (non-hydrogen) atoms. The van der Waals surface area contributed by atoms with Gasteiger partial charge in [-0.05, 0) is 31.4 Å². The first-order valence-electron chi connectivity index (χ1n) is 9.77. The molecule has 0 bridgehead atoms. The first-order valence-corrected chi connectivity index (χ1v) is 9.77. The Bertz CT molecular complexity index is 940. The third kappa shape index (κ3) is 3.50. The molecule has 1 unspecified atom stereocenters. The van der Waals surface area contributed by atoms with Crippen LogP contribution < -0.4 is 0 Å². The summed E-state index contributed by atoms with van der Waals surface area (Å²) >= 11 is 0. The standard InChI is InChI=1S/C23H24N2O4/c1-15-19(17-12-8-5-9-13-17)24-29-20(15)21(26)25-18(23(2,3)28-22(25)27)14-16-10-6-4-7-11-16/h4-13,15,18,20H,14H2,1-3H3/t15-,18-,20?/m0/s1. The lowest BCUT2D eigenvalue weighted by atomic mass is 9.90. The normalized spacial score (nSPS) is 25.3. The van der Waals surface area contributed by atoms with E-state index in [9.17, 15) is 9.59 Å². The number of imide groups is 1. The molecule has 2 aliphatic rings. The Morgan fingerprint density at radius 3 is 2.34 bits per heavy atom. The SMILES string of the molecule is C[C@H]1C(c2ccccc2)=NOC1C(=O)N1C(=O)OC(C)(C)[C@@H]1Cc1ccccc1. The first kappa shape index (κ1) is 19.2. The number of hydrogen-bond donors (Lipinski definition) is 0. The molecule has 0 spiro atoms. The zero-order valence-electron chi connectivity index (χ0n) is 16.7. The maximum absolute atomic E-state index is 13.4. The number of ether oxygens (including phenoxy) is 1.